The average molecular weight is 494 g/mol. The molecule has 194 valence electrons. The van der Waals surface area contributed by atoms with Gasteiger partial charge in [0, 0.05) is 17.1 Å². The first-order valence-electron chi connectivity index (χ1n) is 13.7. The minimum absolute atomic E-state index is 0.0616. The van der Waals surface area contributed by atoms with E-state index in [1.807, 2.05) is 24.3 Å². The Labute approximate surface area is 215 Å². The highest BCUT2D eigenvalue weighted by Gasteiger charge is 2.51. The van der Waals surface area contributed by atoms with E-state index >= 15 is 0 Å². The van der Waals surface area contributed by atoms with E-state index in [0.717, 1.165) is 11.3 Å². The van der Waals surface area contributed by atoms with E-state index in [9.17, 15) is 10.8 Å². The van der Waals surface area contributed by atoms with Crippen LogP contribution < -0.4 is 4.74 Å². The van der Waals surface area contributed by atoms with Crippen molar-refractivity contribution in [2.24, 2.45) is 17.0 Å². The molecule has 8 nitrogen and oxygen atoms in total. The van der Waals surface area contributed by atoms with Gasteiger partial charge in [-0.25, -0.2) is 0 Å². The highest BCUT2D eigenvalue weighted by atomic mass is 16.7. The molecule has 4 atom stereocenters. The predicted molar refractivity (Wildman–Crippen MR) is 138 cm³/mol. The Kier molecular flexibility index (Phi) is 10.4. The second kappa shape index (κ2) is 13.9. The van der Waals surface area contributed by atoms with Crippen molar-refractivity contribution in [3.05, 3.63) is 40.3 Å². The molecule has 0 N–H and O–H groups in total. The van der Waals surface area contributed by atoms with E-state index in [1.165, 1.54) is 64.2 Å². The van der Waals surface area contributed by atoms with Gasteiger partial charge >= 0.3 is 7.12 Å². The molecule has 2 saturated carbocycles. The van der Waals surface area contributed by atoms with Gasteiger partial charge in [0.1, 0.15) is 5.75 Å². The molecule has 36 heavy (non-hydrogen) atoms. The molecule has 1 aliphatic heterocycles. The van der Waals surface area contributed by atoms with E-state index in [2.05, 4.69) is 16.1 Å². The summed E-state index contributed by atoms with van der Waals surface area (Å²) in [5.41, 5.74) is 10.3. The lowest BCUT2D eigenvalue weighted by molar-refractivity contribution is 0.0324. The first kappa shape index (κ1) is 26.8. The van der Waals surface area contributed by atoms with Gasteiger partial charge in [-0.2, -0.15) is 5.26 Å². The minimum Gasteiger partial charge on any atom is -0.497 e. The number of ether oxygens (including phenoxy) is 2. The lowest BCUT2D eigenvalue weighted by Crippen LogP contribution is -2.38. The van der Waals surface area contributed by atoms with Crippen LogP contribution in [0.2, 0.25) is 5.82 Å². The van der Waals surface area contributed by atoms with Crippen molar-refractivity contribution in [3.8, 4) is 11.8 Å². The Morgan fingerprint density at radius 3 is 2.11 bits per heavy atom. The van der Waals surface area contributed by atoms with Gasteiger partial charge in [-0.05, 0) is 60.7 Å². The van der Waals surface area contributed by atoms with E-state index in [0.29, 0.717) is 18.4 Å². The fraction of sp³-hybridized carbons (Fsp3) is 0.741. The van der Waals surface area contributed by atoms with Crippen molar-refractivity contribution >= 4 is 7.12 Å². The Morgan fingerprint density at radius 1 is 1.03 bits per heavy atom. The SMILES string of the molecule is COc1ccc(COC[C@@H](N=[N+]=[N-])[C@@H](CC#N)B2O[C@@H](C3CCCCC3)[C@H](C3CCCCC3)O2)cc1. The number of nitriles is 1. The molecule has 2 aliphatic carbocycles. The third kappa shape index (κ3) is 6.95. The molecule has 1 heterocycles. The number of hydrogen-bond donors (Lipinski definition) is 0. The molecule has 3 aliphatic rings. The molecule has 4 rings (SSSR count). The summed E-state index contributed by atoms with van der Waals surface area (Å²) in [5.74, 6) is 1.42. The summed E-state index contributed by atoms with van der Waals surface area (Å²) in [5, 5.41) is 13.7. The third-order valence-electron chi connectivity index (χ3n) is 8.22. The number of methoxy groups -OCH3 is 1. The average Bonchev–Trinajstić information content (AvgIpc) is 3.38. The summed E-state index contributed by atoms with van der Waals surface area (Å²) in [6, 6.07) is 9.40. The van der Waals surface area contributed by atoms with E-state index in [4.69, 9.17) is 18.8 Å². The molecule has 0 aromatic heterocycles. The van der Waals surface area contributed by atoms with Crippen LogP contribution in [0.25, 0.3) is 10.4 Å². The Bertz CT molecular complexity index is 866. The number of benzene rings is 1. The number of rotatable bonds is 11. The minimum atomic E-state index is -0.552. The third-order valence-corrected chi connectivity index (χ3v) is 8.22. The van der Waals surface area contributed by atoms with Crippen LogP contribution in [0, 0.1) is 23.2 Å². The number of hydrogen-bond acceptors (Lipinski definition) is 6. The first-order valence-corrected chi connectivity index (χ1v) is 13.7. The summed E-state index contributed by atoms with van der Waals surface area (Å²) < 4.78 is 24.5. The zero-order valence-corrected chi connectivity index (χ0v) is 21.5. The van der Waals surface area contributed by atoms with Crippen molar-refractivity contribution in [1.82, 2.24) is 0 Å². The maximum absolute atomic E-state index is 9.65. The largest absolute Gasteiger partial charge is 0.497 e. The van der Waals surface area contributed by atoms with Crippen molar-refractivity contribution in [3.63, 3.8) is 0 Å². The first-order chi connectivity index (χ1) is 17.7. The maximum atomic E-state index is 9.65. The summed E-state index contributed by atoms with van der Waals surface area (Å²) in [7, 11) is 1.08. The van der Waals surface area contributed by atoms with Gasteiger partial charge in [0.15, 0.2) is 0 Å². The lowest BCUT2D eigenvalue weighted by atomic mass is 9.66. The standard InChI is InChI=1S/C27H39BN4O4/c1-33-23-14-12-20(13-15-23)18-34-19-25(31-32-30)24(16-17-29)28-35-26(21-8-4-2-5-9-21)27(36-28)22-10-6-3-7-11-22/h12-15,21-22,24-27H,2-11,16,18-19H2,1H3/t24-,25-,26+,27+/m1/s1. The normalized spacial score (nSPS) is 25.1. The number of azide groups is 1. The van der Waals surface area contributed by atoms with Crippen molar-refractivity contribution in [1.29, 1.82) is 5.26 Å². The number of nitrogens with zero attached hydrogens (tertiary/aromatic N) is 4. The molecule has 1 aromatic rings. The predicted octanol–water partition coefficient (Wildman–Crippen LogP) is 6.61. The fourth-order valence-corrected chi connectivity index (χ4v) is 6.23. The monoisotopic (exact) mass is 494 g/mol. The quantitative estimate of drug-likeness (QED) is 0.149. The Hall–Kier alpha value is -2.24. The van der Waals surface area contributed by atoms with Gasteiger partial charge in [0.05, 0.1) is 44.6 Å². The molecule has 0 radical (unpaired) electrons. The zero-order chi connectivity index (χ0) is 25.2. The smallest absolute Gasteiger partial charge is 0.462 e. The van der Waals surface area contributed by atoms with Gasteiger partial charge in [0.25, 0.3) is 0 Å². The highest BCUT2D eigenvalue weighted by molar-refractivity contribution is 6.47. The second-order valence-electron chi connectivity index (χ2n) is 10.5. The summed E-state index contributed by atoms with van der Waals surface area (Å²) in [6.07, 6.45) is 12.6. The molecule has 0 unspecified atom stereocenters. The lowest BCUT2D eigenvalue weighted by Gasteiger charge is -2.35. The van der Waals surface area contributed by atoms with Crippen LogP contribution in [-0.4, -0.2) is 39.1 Å². The highest BCUT2D eigenvalue weighted by Crippen LogP contribution is 2.43. The molecule has 1 saturated heterocycles. The maximum Gasteiger partial charge on any atom is 0.462 e. The fourth-order valence-electron chi connectivity index (χ4n) is 6.23. The van der Waals surface area contributed by atoms with Crippen molar-refractivity contribution < 1.29 is 18.8 Å². The van der Waals surface area contributed by atoms with Crippen LogP contribution in [0.15, 0.2) is 29.4 Å². The molecule has 0 spiro atoms. The summed E-state index contributed by atoms with van der Waals surface area (Å²) in [4.78, 5) is 3.08. The van der Waals surface area contributed by atoms with Gasteiger partial charge in [-0.15, -0.1) is 0 Å². The Balaban J connectivity index is 1.45. The molecule has 0 bridgehead atoms. The molecule has 9 heteroatoms. The molecular weight excluding hydrogens is 455 g/mol. The molecule has 3 fully saturated rings. The topological polar surface area (TPSA) is 109 Å². The van der Waals surface area contributed by atoms with Gasteiger partial charge < -0.3 is 18.8 Å². The van der Waals surface area contributed by atoms with Crippen LogP contribution in [0.5, 0.6) is 5.75 Å². The van der Waals surface area contributed by atoms with Crippen LogP contribution >= 0.6 is 0 Å². The Morgan fingerprint density at radius 2 is 1.61 bits per heavy atom. The van der Waals surface area contributed by atoms with Crippen LogP contribution in [0.1, 0.15) is 76.2 Å². The second-order valence-corrected chi connectivity index (χ2v) is 10.5. The van der Waals surface area contributed by atoms with Crippen molar-refractivity contribution in [2.45, 2.75) is 101 Å². The summed E-state index contributed by atoms with van der Waals surface area (Å²) >= 11 is 0. The van der Waals surface area contributed by atoms with Crippen LogP contribution in [0.4, 0.5) is 0 Å². The van der Waals surface area contributed by atoms with Gasteiger partial charge in [-0.3, -0.25) is 0 Å². The van der Waals surface area contributed by atoms with Crippen molar-refractivity contribution in [2.75, 3.05) is 13.7 Å². The van der Waals surface area contributed by atoms with Crippen LogP contribution in [0.3, 0.4) is 0 Å². The van der Waals surface area contributed by atoms with E-state index < -0.39 is 13.2 Å². The molecule has 0 amide bonds. The van der Waals surface area contributed by atoms with E-state index in [-0.39, 0.29) is 31.1 Å². The van der Waals surface area contributed by atoms with E-state index in [1.54, 1.807) is 7.11 Å². The van der Waals surface area contributed by atoms with Gasteiger partial charge in [-0.1, -0.05) is 55.8 Å². The van der Waals surface area contributed by atoms with Gasteiger partial charge in [0.2, 0.25) is 0 Å². The molecule has 1 aromatic carbocycles. The summed E-state index contributed by atoms with van der Waals surface area (Å²) in [6.45, 7) is 0.580. The zero-order valence-electron chi connectivity index (χ0n) is 21.5. The molecular formula is C27H39BN4O4. The van der Waals surface area contributed by atoms with Crippen LogP contribution in [-0.2, 0) is 20.7 Å².